The van der Waals surface area contributed by atoms with E-state index in [1.165, 1.54) is 24.8 Å². The summed E-state index contributed by atoms with van der Waals surface area (Å²) in [5.41, 5.74) is 3.39. The number of nitrogens with one attached hydrogen (secondary N) is 1. The van der Waals surface area contributed by atoms with Gasteiger partial charge in [0.25, 0.3) is 0 Å². The Labute approximate surface area is 166 Å². The first-order valence-electron chi connectivity index (χ1n) is 10.3. The van der Waals surface area contributed by atoms with Crippen LogP contribution in [0.5, 0.6) is 0 Å². The number of H-pyrrole nitrogens is 1. The van der Waals surface area contributed by atoms with Crippen molar-refractivity contribution in [2.45, 2.75) is 52.5 Å². The van der Waals surface area contributed by atoms with Crippen LogP contribution in [-0.2, 0) is 27.2 Å². The Bertz CT molecular complexity index is 821. The molecule has 1 saturated heterocycles. The number of nitrogens with zero attached hydrogens (tertiary/aromatic N) is 1. The van der Waals surface area contributed by atoms with E-state index in [4.69, 9.17) is 9.47 Å². The van der Waals surface area contributed by atoms with Crippen molar-refractivity contribution < 1.29 is 19.1 Å². The Balaban J connectivity index is 1.88. The Morgan fingerprint density at radius 3 is 2.54 bits per heavy atom. The zero-order valence-electron chi connectivity index (χ0n) is 16.9. The third-order valence-electron chi connectivity index (χ3n) is 5.19. The molecular weight excluding hydrogens is 356 g/mol. The summed E-state index contributed by atoms with van der Waals surface area (Å²) in [6, 6.07) is 6.27. The number of esters is 2. The highest BCUT2D eigenvalue weighted by molar-refractivity contribution is 5.98. The number of likely N-dealkylation sites (tertiary alicyclic amines) is 1. The predicted octanol–water partition coefficient (Wildman–Crippen LogP) is 3.83. The van der Waals surface area contributed by atoms with Gasteiger partial charge in [0.1, 0.15) is 5.69 Å². The number of hydrogen-bond acceptors (Lipinski definition) is 5. The van der Waals surface area contributed by atoms with Gasteiger partial charge in [-0.1, -0.05) is 12.5 Å². The van der Waals surface area contributed by atoms with Crippen LogP contribution in [0, 0.1) is 0 Å². The van der Waals surface area contributed by atoms with Gasteiger partial charge in [-0.3, -0.25) is 9.69 Å². The molecule has 0 bridgehead atoms. The largest absolute Gasteiger partial charge is 0.466 e. The minimum Gasteiger partial charge on any atom is -0.466 e. The van der Waals surface area contributed by atoms with Gasteiger partial charge in [0, 0.05) is 23.9 Å². The maximum Gasteiger partial charge on any atom is 0.355 e. The van der Waals surface area contributed by atoms with Crippen molar-refractivity contribution in [3.8, 4) is 0 Å². The van der Waals surface area contributed by atoms with Gasteiger partial charge in [0.15, 0.2) is 0 Å². The van der Waals surface area contributed by atoms with Gasteiger partial charge in [-0.2, -0.15) is 0 Å². The van der Waals surface area contributed by atoms with Gasteiger partial charge in [-0.15, -0.1) is 0 Å². The summed E-state index contributed by atoms with van der Waals surface area (Å²) in [5, 5.41) is 0.988. The van der Waals surface area contributed by atoms with Crippen molar-refractivity contribution in [1.82, 2.24) is 9.88 Å². The molecule has 6 heteroatoms. The van der Waals surface area contributed by atoms with Crippen LogP contribution in [0.4, 0.5) is 0 Å². The second-order valence-electron chi connectivity index (χ2n) is 7.22. The fourth-order valence-electron chi connectivity index (χ4n) is 3.87. The smallest absolute Gasteiger partial charge is 0.355 e. The molecule has 1 N–H and O–H groups in total. The second-order valence-corrected chi connectivity index (χ2v) is 7.22. The zero-order chi connectivity index (χ0) is 19.9. The molecule has 0 unspecified atom stereocenters. The summed E-state index contributed by atoms with van der Waals surface area (Å²) in [7, 11) is 0. The van der Waals surface area contributed by atoms with Gasteiger partial charge in [0.2, 0.25) is 0 Å². The fraction of sp³-hybridized carbons (Fsp3) is 0.545. The summed E-state index contributed by atoms with van der Waals surface area (Å²) >= 11 is 0. The number of carbonyl (C=O) groups excluding carboxylic acids is 2. The van der Waals surface area contributed by atoms with Crippen molar-refractivity contribution in [3.05, 3.63) is 35.0 Å². The third kappa shape index (κ3) is 4.93. The van der Waals surface area contributed by atoms with Crippen LogP contribution in [0.15, 0.2) is 18.2 Å². The molecule has 28 heavy (non-hydrogen) atoms. The van der Waals surface area contributed by atoms with E-state index in [2.05, 4.69) is 22.0 Å². The first kappa shape index (κ1) is 20.4. The van der Waals surface area contributed by atoms with E-state index in [1.54, 1.807) is 13.8 Å². The highest BCUT2D eigenvalue weighted by Gasteiger charge is 2.20. The molecule has 6 nitrogen and oxygen atoms in total. The van der Waals surface area contributed by atoms with E-state index in [9.17, 15) is 9.59 Å². The van der Waals surface area contributed by atoms with Crippen LogP contribution in [0.1, 0.15) is 61.1 Å². The lowest BCUT2D eigenvalue weighted by Gasteiger charge is -2.26. The van der Waals surface area contributed by atoms with Crippen LogP contribution in [0.3, 0.4) is 0 Å². The molecule has 1 aromatic heterocycles. The summed E-state index contributed by atoms with van der Waals surface area (Å²) < 4.78 is 10.3. The standard InChI is InChI=1S/C22H30N2O4/c1-3-27-20(25)11-9-17-18-14-16(15-24-12-6-5-7-13-24)8-10-19(18)23-21(17)22(26)28-4-2/h8,10,14,23H,3-7,9,11-13,15H2,1-2H3. The Morgan fingerprint density at radius 2 is 1.82 bits per heavy atom. The summed E-state index contributed by atoms with van der Waals surface area (Å²) in [6.45, 7) is 7.43. The number of fused-ring (bicyclic) bond motifs is 1. The molecule has 2 aromatic rings. The molecule has 1 fully saturated rings. The van der Waals surface area contributed by atoms with Gasteiger partial charge in [0.05, 0.1) is 13.2 Å². The van der Waals surface area contributed by atoms with E-state index in [1.807, 2.05) is 6.07 Å². The van der Waals surface area contributed by atoms with Crippen molar-refractivity contribution in [3.63, 3.8) is 0 Å². The van der Waals surface area contributed by atoms with Crippen LogP contribution in [-0.4, -0.2) is 48.1 Å². The van der Waals surface area contributed by atoms with E-state index in [0.717, 1.165) is 36.1 Å². The molecule has 0 amide bonds. The van der Waals surface area contributed by atoms with E-state index in [-0.39, 0.29) is 18.4 Å². The number of carbonyl (C=O) groups is 2. The van der Waals surface area contributed by atoms with E-state index < -0.39 is 0 Å². The number of aromatic nitrogens is 1. The molecule has 0 radical (unpaired) electrons. The van der Waals surface area contributed by atoms with E-state index >= 15 is 0 Å². The maximum atomic E-state index is 12.4. The molecule has 3 rings (SSSR count). The van der Waals surface area contributed by atoms with Crippen LogP contribution >= 0.6 is 0 Å². The maximum absolute atomic E-state index is 12.4. The van der Waals surface area contributed by atoms with Crippen LogP contribution < -0.4 is 0 Å². The number of rotatable bonds is 8. The fourth-order valence-corrected chi connectivity index (χ4v) is 3.87. The zero-order valence-corrected chi connectivity index (χ0v) is 16.9. The molecule has 1 aliphatic heterocycles. The quantitative estimate of drug-likeness (QED) is 0.698. The number of aryl methyl sites for hydroxylation is 1. The minimum absolute atomic E-state index is 0.240. The third-order valence-corrected chi connectivity index (χ3v) is 5.19. The second kappa shape index (κ2) is 9.73. The lowest BCUT2D eigenvalue weighted by Crippen LogP contribution is -2.29. The van der Waals surface area contributed by atoms with Gasteiger partial charge >= 0.3 is 11.9 Å². The summed E-state index contributed by atoms with van der Waals surface area (Å²) in [4.78, 5) is 30.0. The number of ether oxygens (including phenoxy) is 2. The number of aromatic amines is 1. The van der Waals surface area contributed by atoms with Crippen molar-refractivity contribution in [2.75, 3.05) is 26.3 Å². The van der Waals surface area contributed by atoms with Gasteiger partial charge in [-0.05, 0) is 69.5 Å². The number of hydrogen-bond donors (Lipinski definition) is 1. The van der Waals surface area contributed by atoms with Gasteiger partial charge < -0.3 is 14.5 Å². The lowest BCUT2D eigenvalue weighted by atomic mass is 10.0. The topological polar surface area (TPSA) is 71.6 Å². The minimum atomic E-state index is -0.380. The molecule has 1 aromatic carbocycles. The lowest BCUT2D eigenvalue weighted by molar-refractivity contribution is -0.143. The SMILES string of the molecule is CCOC(=O)CCc1c(C(=O)OCC)[nH]c2ccc(CN3CCCCC3)cc12. The number of benzene rings is 1. The summed E-state index contributed by atoms with van der Waals surface area (Å²) in [5.74, 6) is -0.633. The van der Waals surface area contributed by atoms with Crippen LogP contribution in [0.2, 0.25) is 0 Å². The average Bonchev–Trinajstić information content (AvgIpc) is 3.06. The molecule has 0 aliphatic carbocycles. The normalized spacial score (nSPS) is 14.9. The number of piperidine rings is 1. The first-order valence-corrected chi connectivity index (χ1v) is 10.3. The molecule has 0 spiro atoms. The van der Waals surface area contributed by atoms with Crippen LogP contribution in [0.25, 0.3) is 10.9 Å². The van der Waals surface area contributed by atoms with Gasteiger partial charge in [-0.25, -0.2) is 4.79 Å². The Hall–Kier alpha value is -2.34. The molecule has 152 valence electrons. The Morgan fingerprint density at radius 1 is 1.07 bits per heavy atom. The monoisotopic (exact) mass is 386 g/mol. The first-order chi connectivity index (χ1) is 13.6. The van der Waals surface area contributed by atoms with Crippen molar-refractivity contribution >= 4 is 22.8 Å². The average molecular weight is 386 g/mol. The van der Waals surface area contributed by atoms with E-state index in [0.29, 0.717) is 25.3 Å². The highest BCUT2D eigenvalue weighted by atomic mass is 16.5. The van der Waals surface area contributed by atoms with Crippen molar-refractivity contribution in [2.24, 2.45) is 0 Å². The van der Waals surface area contributed by atoms with Crippen molar-refractivity contribution in [1.29, 1.82) is 0 Å². The predicted molar refractivity (Wildman–Crippen MR) is 108 cm³/mol. The highest BCUT2D eigenvalue weighted by Crippen LogP contribution is 2.27. The Kier molecular flexibility index (Phi) is 7.09. The molecule has 0 saturated carbocycles. The molecule has 2 heterocycles. The molecular formula is C22H30N2O4. The molecule has 1 aliphatic rings. The summed E-state index contributed by atoms with van der Waals surface area (Å²) in [6.07, 6.45) is 4.51. The molecule has 0 atom stereocenters.